The van der Waals surface area contributed by atoms with Gasteiger partial charge in [0.15, 0.2) is 0 Å². The Balaban J connectivity index is 1.52. The largest absolute Gasteiger partial charge is 0.361 e. The topological polar surface area (TPSA) is 62.7 Å². The van der Waals surface area contributed by atoms with Crippen LogP contribution >= 0.6 is 0 Å². The maximum Gasteiger partial charge on any atom is 0.244 e. The van der Waals surface area contributed by atoms with Crippen molar-refractivity contribution >= 4 is 22.9 Å². The van der Waals surface area contributed by atoms with Crippen LogP contribution in [-0.2, 0) is 18.3 Å². The molecule has 0 unspecified atom stereocenters. The number of aromatic amines is 1. The molecular weight excluding hydrogens is 276 g/mol. The zero-order valence-corrected chi connectivity index (χ0v) is 12.4. The third-order valence-corrected chi connectivity index (χ3v) is 3.52. The van der Waals surface area contributed by atoms with Crippen molar-refractivity contribution in [2.24, 2.45) is 7.05 Å². The van der Waals surface area contributed by atoms with Crippen molar-refractivity contribution in [3.8, 4) is 0 Å². The summed E-state index contributed by atoms with van der Waals surface area (Å²) in [6, 6.07) is 8.17. The van der Waals surface area contributed by atoms with E-state index in [1.54, 1.807) is 17.0 Å². The van der Waals surface area contributed by atoms with Gasteiger partial charge in [0.05, 0.1) is 6.20 Å². The van der Waals surface area contributed by atoms with Gasteiger partial charge in [-0.2, -0.15) is 5.10 Å². The number of fused-ring (bicyclic) bond motifs is 1. The number of nitrogens with one attached hydrogen (secondary N) is 2. The van der Waals surface area contributed by atoms with Crippen LogP contribution in [0.4, 0.5) is 0 Å². The summed E-state index contributed by atoms with van der Waals surface area (Å²) < 4.78 is 1.70. The van der Waals surface area contributed by atoms with Crippen LogP contribution in [0.25, 0.3) is 17.0 Å². The Labute approximate surface area is 128 Å². The second-order valence-corrected chi connectivity index (χ2v) is 5.18. The summed E-state index contributed by atoms with van der Waals surface area (Å²) in [7, 11) is 1.85. The van der Waals surface area contributed by atoms with Gasteiger partial charge in [-0.1, -0.05) is 18.2 Å². The molecular formula is C17H18N4O. The smallest absolute Gasteiger partial charge is 0.244 e. The van der Waals surface area contributed by atoms with Gasteiger partial charge in [0.25, 0.3) is 0 Å². The number of para-hydroxylation sites is 1. The Morgan fingerprint density at radius 2 is 2.27 bits per heavy atom. The van der Waals surface area contributed by atoms with E-state index < -0.39 is 0 Å². The minimum Gasteiger partial charge on any atom is -0.361 e. The Bertz CT molecular complexity index is 813. The van der Waals surface area contributed by atoms with Crippen molar-refractivity contribution in [1.29, 1.82) is 0 Å². The van der Waals surface area contributed by atoms with Crippen LogP contribution in [-0.4, -0.2) is 27.2 Å². The van der Waals surface area contributed by atoms with E-state index in [2.05, 4.69) is 21.5 Å². The fourth-order valence-corrected chi connectivity index (χ4v) is 2.42. The Morgan fingerprint density at radius 1 is 1.41 bits per heavy atom. The monoisotopic (exact) mass is 294 g/mol. The van der Waals surface area contributed by atoms with E-state index in [9.17, 15) is 4.79 Å². The van der Waals surface area contributed by atoms with Crippen LogP contribution in [0, 0.1) is 0 Å². The highest BCUT2D eigenvalue weighted by atomic mass is 16.1. The highest BCUT2D eigenvalue weighted by Crippen LogP contribution is 2.17. The fourth-order valence-electron chi connectivity index (χ4n) is 2.42. The summed E-state index contributed by atoms with van der Waals surface area (Å²) >= 11 is 0. The van der Waals surface area contributed by atoms with Crippen LogP contribution in [0.15, 0.2) is 48.9 Å². The SMILES string of the molecule is Cn1cc(/C=C/C(=O)NCCc2c[nH]c3ccccc23)cn1. The van der Waals surface area contributed by atoms with Gasteiger partial charge in [-0.15, -0.1) is 0 Å². The predicted octanol–water partition coefficient (Wildman–Crippen LogP) is 2.27. The molecule has 0 saturated carbocycles. The van der Waals surface area contributed by atoms with Crippen LogP contribution in [0.3, 0.4) is 0 Å². The number of hydrogen-bond acceptors (Lipinski definition) is 2. The standard InChI is InChI=1S/C17H18N4O/c1-21-12-13(10-20-21)6-7-17(22)18-9-8-14-11-19-16-5-3-2-4-15(14)16/h2-7,10-12,19H,8-9H2,1H3,(H,18,22)/b7-6+. The molecule has 0 aliphatic heterocycles. The molecule has 5 heteroatoms. The summed E-state index contributed by atoms with van der Waals surface area (Å²) in [5.41, 5.74) is 3.25. The van der Waals surface area contributed by atoms with Gasteiger partial charge in [-0.25, -0.2) is 0 Å². The average molecular weight is 294 g/mol. The summed E-state index contributed by atoms with van der Waals surface area (Å²) in [4.78, 5) is 15.0. The Morgan fingerprint density at radius 3 is 3.09 bits per heavy atom. The first kappa shape index (κ1) is 14.1. The van der Waals surface area contributed by atoms with Crippen molar-refractivity contribution in [1.82, 2.24) is 20.1 Å². The van der Waals surface area contributed by atoms with Crippen LogP contribution in [0.2, 0.25) is 0 Å². The van der Waals surface area contributed by atoms with Gasteiger partial charge in [-0.3, -0.25) is 9.48 Å². The molecule has 0 bridgehead atoms. The molecule has 22 heavy (non-hydrogen) atoms. The number of rotatable bonds is 5. The zero-order valence-electron chi connectivity index (χ0n) is 12.4. The maximum absolute atomic E-state index is 11.8. The fraction of sp³-hybridized carbons (Fsp3) is 0.176. The van der Waals surface area contributed by atoms with Crippen LogP contribution in [0.1, 0.15) is 11.1 Å². The Kier molecular flexibility index (Phi) is 4.05. The van der Waals surface area contributed by atoms with Gasteiger partial charge in [-0.05, 0) is 24.1 Å². The van der Waals surface area contributed by atoms with Crippen molar-refractivity contribution in [2.75, 3.05) is 6.54 Å². The van der Waals surface area contributed by atoms with Gasteiger partial charge < -0.3 is 10.3 Å². The lowest BCUT2D eigenvalue weighted by molar-refractivity contribution is -0.116. The first-order valence-corrected chi connectivity index (χ1v) is 7.22. The number of carbonyl (C=O) groups excluding carboxylic acids is 1. The summed E-state index contributed by atoms with van der Waals surface area (Å²) in [5.74, 6) is -0.0938. The third-order valence-electron chi connectivity index (χ3n) is 3.52. The molecule has 2 N–H and O–H groups in total. The van der Waals surface area contributed by atoms with E-state index in [-0.39, 0.29) is 5.91 Å². The molecule has 2 heterocycles. The van der Waals surface area contributed by atoms with Crippen molar-refractivity contribution in [2.45, 2.75) is 6.42 Å². The minimum atomic E-state index is -0.0938. The first-order chi connectivity index (χ1) is 10.7. The Hall–Kier alpha value is -2.82. The quantitative estimate of drug-likeness (QED) is 0.709. The molecule has 5 nitrogen and oxygen atoms in total. The van der Waals surface area contributed by atoms with Crippen molar-refractivity contribution in [3.05, 3.63) is 60.1 Å². The average Bonchev–Trinajstić information content (AvgIpc) is 3.12. The molecule has 0 atom stereocenters. The number of aromatic nitrogens is 3. The molecule has 1 amide bonds. The molecule has 112 valence electrons. The highest BCUT2D eigenvalue weighted by Gasteiger charge is 2.03. The number of amides is 1. The first-order valence-electron chi connectivity index (χ1n) is 7.22. The summed E-state index contributed by atoms with van der Waals surface area (Å²) in [5, 5.41) is 8.16. The highest BCUT2D eigenvalue weighted by molar-refractivity contribution is 5.91. The van der Waals surface area contributed by atoms with Crippen molar-refractivity contribution in [3.63, 3.8) is 0 Å². The van der Waals surface area contributed by atoms with Gasteiger partial charge in [0.1, 0.15) is 0 Å². The second kappa shape index (κ2) is 6.30. The lowest BCUT2D eigenvalue weighted by Gasteiger charge is -2.01. The van der Waals surface area contributed by atoms with E-state index in [0.29, 0.717) is 6.54 Å². The van der Waals surface area contributed by atoms with Gasteiger partial charge >= 0.3 is 0 Å². The van der Waals surface area contributed by atoms with E-state index in [1.165, 1.54) is 17.0 Å². The molecule has 3 rings (SSSR count). The van der Waals surface area contributed by atoms with Crippen LogP contribution in [0.5, 0.6) is 0 Å². The molecule has 1 aromatic carbocycles. The number of H-pyrrole nitrogens is 1. The van der Waals surface area contributed by atoms with E-state index in [4.69, 9.17) is 0 Å². The molecule has 0 aliphatic rings. The molecule has 0 aliphatic carbocycles. The third kappa shape index (κ3) is 3.25. The number of aryl methyl sites for hydroxylation is 1. The van der Waals surface area contributed by atoms with Crippen LogP contribution < -0.4 is 5.32 Å². The van der Waals surface area contributed by atoms with Gasteiger partial charge in [0, 0.05) is 48.5 Å². The molecule has 0 saturated heterocycles. The number of nitrogens with zero attached hydrogens (tertiary/aromatic N) is 2. The number of carbonyl (C=O) groups is 1. The predicted molar refractivity (Wildman–Crippen MR) is 87.3 cm³/mol. The maximum atomic E-state index is 11.8. The molecule has 2 aromatic heterocycles. The zero-order chi connectivity index (χ0) is 15.4. The minimum absolute atomic E-state index is 0.0938. The van der Waals surface area contributed by atoms with E-state index in [1.807, 2.05) is 37.6 Å². The summed E-state index contributed by atoms with van der Waals surface area (Å²) in [6.07, 6.45) is 9.67. The van der Waals surface area contributed by atoms with Gasteiger partial charge in [0.2, 0.25) is 5.91 Å². The van der Waals surface area contributed by atoms with E-state index >= 15 is 0 Å². The molecule has 0 spiro atoms. The molecule has 0 fully saturated rings. The number of hydrogen-bond donors (Lipinski definition) is 2. The lowest BCUT2D eigenvalue weighted by Crippen LogP contribution is -2.23. The molecule has 0 radical (unpaired) electrons. The van der Waals surface area contributed by atoms with E-state index in [0.717, 1.165) is 17.5 Å². The second-order valence-electron chi connectivity index (χ2n) is 5.18. The molecule has 3 aromatic rings. The lowest BCUT2D eigenvalue weighted by atomic mass is 10.1. The number of benzene rings is 1. The van der Waals surface area contributed by atoms with Crippen molar-refractivity contribution < 1.29 is 4.79 Å². The summed E-state index contributed by atoms with van der Waals surface area (Å²) in [6.45, 7) is 0.609. The normalized spacial score (nSPS) is 11.3.